The average Bonchev–Trinajstić information content (AvgIpc) is 3.10. The molecule has 10 heteroatoms. The van der Waals surface area contributed by atoms with Gasteiger partial charge in [0.25, 0.3) is 0 Å². The summed E-state index contributed by atoms with van der Waals surface area (Å²) in [6.45, 7) is 5.25. The van der Waals surface area contributed by atoms with Crippen LogP contribution >= 0.6 is 0 Å². The van der Waals surface area contributed by atoms with Crippen LogP contribution in [0.3, 0.4) is 0 Å². The van der Waals surface area contributed by atoms with Crippen molar-refractivity contribution in [2.75, 3.05) is 36.5 Å². The third-order valence-corrected chi connectivity index (χ3v) is 7.76. The van der Waals surface area contributed by atoms with Gasteiger partial charge in [0.2, 0.25) is 17.8 Å². The van der Waals surface area contributed by atoms with Crippen molar-refractivity contribution in [1.29, 1.82) is 0 Å². The maximum absolute atomic E-state index is 14.0. The molecule has 2 N–H and O–H groups in total. The minimum Gasteiger partial charge on any atom is -0.491 e. The summed E-state index contributed by atoms with van der Waals surface area (Å²) >= 11 is 0. The lowest BCUT2D eigenvalue weighted by atomic mass is 10.1. The summed E-state index contributed by atoms with van der Waals surface area (Å²) in [7, 11) is 1.77. The number of amides is 4. The highest BCUT2D eigenvalue weighted by molar-refractivity contribution is 6.09. The van der Waals surface area contributed by atoms with E-state index in [1.54, 1.807) is 21.7 Å². The van der Waals surface area contributed by atoms with Gasteiger partial charge in [0.1, 0.15) is 18.0 Å². The largest absolute Gasteiger partial charge is 0.491 e. The van der Waals surface area contributed by atoms with Gasteiger partial charge in [-0.15, -0.1) is 0 Å². The molecule has 0 aliphatic carbocycles. The van der Waals surface area contributed by atoms with E-state index in [0.717, 1.165) is 11.3 Å². The first kappa shape index (κ1) is 33.7. The third kappa shape index (κ3) is 8.79. The zero-order chi connectivity index (χ0) is 33.9. The Morgan fingerprint density at radius 1 is 0.833 bits per heavy atom. The highest BCUT2D eigenvalue weighted by Gasteiger charge is 2.28. The first-order valence-corrected chi connectivity index (χ1v) is 16.2. The fourth-order valence-electron chi connectivity index (χ4n) is 5.24. The molecule has 0 fully saturated rings. The number of para-hydroxylation sites is 4. The second kappa shape index (κ2) is 16.3. The van der Waals surface area contributed by atoms with E-state index >= 15 is 0 Å². The van der Waals surface area contributed by atoms with Crippen LogP contribution in [-0.4, -0.2) is 55.4 Å². The molecule has 1 aliphatic heterocycles. The highest BCUT2D eigenvalue weighted by atomic mass is 16.5. The van der Waals surface area contributed by atoms with Gasteiger partial charge in [-0.05, 0) is 54.8 Å². The Labute approximate surface area is 282 Å². The van der Waals surface area contributed by atoms with E-state index in [-0.39, 0.29) is 24.3 Å². The van der Waals surface area contributed by atoms with E-state index in [4.69, 9.17) is 9.73 Å². The smallest absolute Gasteiger partial charge is 0.333 e. The molecule has 1 heterocycles. The molecular weight excluding hydrogens is 604 g/mol. The molecule has 0 bridgehead atoms. The van der Waals surface area contributed by atoms with E-state index < -0.39 is 6.03 Å². The Bertz CT molecular complexity index is 1670. The molecule has 48 heavy (non-hydrogen) atoms. The van der Waals surface area contributed by atoms with Crippen LogP contribution in [0.15, 0.2) is 114 Å². The lowest BCUT2D eigenvalue weighted by molar-refractivity contribution is -0.121. The van der Waals surface area contributed by atoms with Crippen LogP contribution in [0.25, 0.3) is 0 Å². The van der Waals surface area contributed by atoms with Crippen LogP contribution < -0.4 is 25.2 Å². The van der Waals surface area contributed by atoms with Crippen molar-refractivity contribution < 1.29 is 19.1 Å². The zero-order valence-corrected chi connectivity index (χ0v) is 27.6. The minimum absolute atomic E-state index is 0.00400. The predicted octanol–water partition coefficient (Wildman–Crippen LogP) is 6.63. The van der Waals surface area contributed by atoms with Crippen molar-refractivity contribution in [3.63, 3.8) is 0 Å². The van der Waals surface area contributed by atoms with E-state index in [9.17, 15) is 14.4 Å². The second-order valence-corrected chi connectivity index (χ2v) is 11.9. The lowest BCUT2D eigenvalue weighted by Crippen LogP contribution is -2.51. The van der Waals surface area contributed by atoms with E-state index in [2.05, 4.69) is 10.6 Å². The van der Waals surface area contributed by atoms with Crippen LogP contribution in [0.5, 0.6) is 5.75 Å². The number of hydrogen-bond donors (Lipinski definition) is 2. The van der Waals surface area contributed by atoms with Gasteiger partial charge < -0.3 is 19.9 Å². The Balaban J connectivity index is 1.36. The van der Waals surface area contributed by atoms with Crippen LogP contribution in [0.2, 0.25) is 0 Å². The second-order valence-electron chi connectivity index (χ2n) is 11.9. The number of aliphatic imine (C=N–C) groups is 1. The van der Waals surface area contributed by atoms with Gasteiger partial charge in [-0.25, -0.2) is 9.79 Å². The fourth-order valence-corrected chi connectivity index (χ4v) is 5.24. The number of carbonyl (C=O) groups excluding carboxylic acids is 3. The van der Waals surface area contributed by atoms with Gasteiger partial charge >= 0.3 is 6.03 Å². The molecule has 5 rings (SSSR count). The van der Waals surface area contributed by atoms with Gasteiger partial charge in [0, 0.05) is 37.8 Å². The monoisotopic (exact) mass is 646 g/mol. The van der Waals surface area contributed by atoms with Crippen LogP contribution in [-0.2, 0) is 16.1 Å². The summed E-state index contributed by atoms with van der Waals surface area (Å²) in [6.07, 6.45) is 0.831. The first-order valence-electron chi connectivity index (χ1n) is 16.2. The number of anilines is 3. The van der Waals surface area contributed by atoms with Gasteiger partial charge in [0.15, 0.2) is 0 Å². The number of nitrogens with zero attached hydrogens (tertiary/aromatic N) is 4. The third-order valence-electron chi connectivity index (χ3n) is 7.76. The first-order chi connectivity index (χ1) is 23.3. The number of fused-ring (bicyclic) bond motifs is 1. The Morgan fingerprint density at radius 3 is 2.04 bits per heavy atom. The minimum atomic E-state index is -0.429. The zero-order valence-electron chi connectivity index (χ0n) is 27.6. The van der Waals surface area contributed by atoms with Crippen LogP contribution in [0.4, 0.5) is 27.5 Å². The molecule has 0 saturated carbocycles. The molecule has 4 amide bonds. The number of rotatable bonds is 12. The quantitative estimate of drug-likeness (QED) is 0.168. The normalized spacial score (nSPS) is 12.1. The molecule has 4 aromatic rings. The van der Waals surface area contributed by atoms with Gasteiger partial charge in [-0.3, -0.25) is 19.8 Å². The lowest BCUT2D eigenvalue weighted by Gasteiger charge is -2.32. The maximum atomic E-state index is 14.0. The van der Waals surface area contributed by atoms with Crippen molar-refractivity contribution in [2.24, 2.45) is 10.9 Å². The van der Waals surface area contributed by atoms with Gasteiger partial charge in [0.05, 0.1) is 18.0 Å². The average molecular weight is 647 g/mol. The van der Waals surface area contributed by atoms with E-state index in [1.807, 2.05) is 123 Å². The van der Waals surface area contributed by atoms with Crippen molar-refractivity contribution >= 4 is 46.6 Å². The summed E-state index contributed by atoms with van der Waals surface area (Å²) in [4.78, 5) is 49.6. The predicted molar refractivity (Wildman–Crippen MR) is 190 cm³/mol. The molecule has 0 aromatic heterocycles. The molecule has 0 radical (unpaired) electrons. The van der Waals surface area contributed by atoms with Gasteiger partial charge in [-0.2, -0.15) is 0 Å². The van der Waals surface area contributed by atoms with Crippen molar-refractivity contribution in [3.8, 4) is 5.75 Å². The molecule has 10 nitrogen and oxygen atoms in total. The summed E-state index contributed by atoms with van der Waals surface area (Å²) < 4.78 is 6.16. The van der Waals surface area contributed by atoms with Crippen LogP contribution in [0.1, 0.15) is 32.3 Å². The molecule has 248 valence electrons. The summed E-state index contributed by atoms with van der Waals surface area (Å²) in [5, 5.41) is 5.95. The van der Waals surface area contributed by atoms with Gasteiger partial charge in [-0.1, -0.05) is 80.6 Å². The summed E-state index contributed by atoms with van der Waals surface area (Å²) in [5.41, 5.74) is 3.62. The van der Waals surface area contributed by atoms with Crippen molar-refractivity contribution in [2.45, 2.75) is 33.2 Å². The SMILES string of the molecule is CC(C)CNC(=O)CN1Cc2cccc(OCCCC(=O)N(C)c3ccccc3)c2N=C1NC(=O)N(c1ccccc1)c1ccccc1. The summed E-state index contributed by atoms with van der Waals surface area (Å²) in [6, 6.07) is 33.4. The molecule has 4 aromatic carbocycles. The number of hydrogen-bond acceptors (Lipinski definition) is 6. The molecule has 1 aliphatic rings. The Hall–Kier alpha value is -5.64. The Kier molecular flexibility index (Phi) is 11.4. The molecule has 0 saturated heterocycles. The molecule has 0 unspecified atom stereocenters. The molecule has 0 spiro atoms. The van der Waals surface area contributed by atoms with E-state index in [1.165, 1.54) is 0 Å². The standard InChI is InChI=1S/C38H42N6O4/c1-28(2)25-39-34(45)27-43-26-29-15-13-22-33(48-24-14-23-35(46)42(3)30-16-7-4-8-17-30)36(29)40-37(43)41-38(47)44(31-18-9-5-10-19-31)32-20-11-6-12-21-32/h4-13,15-22,28H,14,23-27H2,1-3H3,(H,39,45)(H,40,41,47). The summed E-state index contributed by atoms with van der Waals surface area (Å²) in [5.74, 6) is 0.892. The number of carbonyl (C=O) groups is 3. The van der Waals surface area contributed by atoms with Crippen LogP contribution in [0, 0.1) is 5.92 Å². The maximum Gasteiger partial charge on any atom is 0.333 e. The van der Waals surface area contributed by atoms with Crippen molar-refractivity contribution in [3.05, 3.63) is 115 Å². The Morgan fingerprint density at radius 2 is 1.44 bits per heavy atom. The van der Waals surface area contributed by atoms with Crippen molar-refractivity contribution in [1.82, 2.24) is 15.5 Å². The number of benzene rings is 4. The molecular formula is C38H42N6O4. The number of guanidine groups is 1. The fraction of sp³-hybridized carbons (Fsp3) is 0.263. The number of nitrogens with one attached hydrogen (secondary N) is 2. The number of ether oxygens (including phenoxy) is 1. The number of urea groups is 1. The van der Waals surface area contributed by atoms with E-state index in [0.29, 0.717) is 61.3 Å². The highest BCUT2D eigenvalue weighted by Crippen LogP contribution is 2.36. The topological polar surface area (TPSA) is 107 Å². The molecule has 0 atom stereocenters.